The van der Waals surface area contributed by atoms with Gasteiger partial charge in [0, 0.05) is 23.9 Å². The van der Waals surface area contributed by atoms with Crippen molar-refractivity contribution in [2.45, 2.75) is 63.6 Å². The number of pyridine rings is 2. The number of alkyl halides is 2. The van der Waals surface area contributed by atoms with E-state index in [1.165, 1.54) is 18.2 Å². The van der Waals surface area contributed by atoms with Gasteiger partial charge in [0.2, 0.25) is 0 Å². The van der Waals surface area contributed by atoms with Gasteiger partial charge in [-0.2, -0.15) is 0 Å². The number of carbonyl (C=O) groups excluding carboxylic acids is 1. The van der Waals surface area contributed by atoms with E-state index < -0.39 is 18.0 Å². The first-order chi connectivity index (χ1) is 15.7. The highest BCUT2D eigenvalue weighted by Crippen LogP contribution is 2.53. The van der Waals surface area contributed by atoms with Crippen LogP contribution in [0.15, 0.2) is 36.7 Å². The Kier molecular flexibility index (Phi) is 5.12. The van der Waals surface area contributed by atoms with Crippen molar-refractivity contribution in [3.05, 3.63) is 53.7 Å². The lowest BCUT2D eigenvalue weighted by molar-refractivity contribution is -0.00627. The Morgan fingerprint density at radius 3 is 2.70 bits per heavy atom. The maximum Gasteiger partial charge on any atom is 0.280 e. The number of nitrogens with zero attached hydrogens (tertiary/aromatic N) is 3. The zero-order valence-corrected chi connectivity index (χ0v) is 18.8. The number of carbonyl (C=O) groups is 1. The summed E-state index contributed by atoms with van der Waals surface area (Å²) in [6, 6.07) is 5.75. The van der Waals surface area contributed by atoms with E-state index in [1.54, 1.807) is 12.3 Å². The van der Waals surface area contributed by atoms with Gasteiger partial charge in [0.1, 0.15) is 28.5 Å². The summed E-state index contributed by atoms with van der Waals surface area (Å²) in [6.45, 7) is 6.57. The Hall–Kier alpha value is -3.07. The number of hydrogen-bond acceptors (Lipinski definition) is 5. The number of amides is 1. The summed E-state index contributed by atoms with van der Waals surface area (Å²) in [7, 11) is 0. The van der Waals surface area contributed by atoms with E-state index in [9.17, 15) is 13.6 Å². The summed E-state index contributed by atoms with van der Waals surface area (Å²) in [5.74, 6) is -0.149. The summed E-state index contributed by atoms with van der Waals surface area (Å²) >= 11 is 0. The Morgan fingerprint density at radius 1 is 1.24 bits per heavy atom. The van der Waals surface area contributed by atoms with Crippen molar-refractivity contribution in [2.24, 2.45) is 0 Å². The Balaban J connectivity index is 1.49. The lowest BCUT2D eigenvalue weighted by atomic mass is 9.84. The van der Waals surface area contributed by atoms with Gasteiger partial charge in [-0.25, -0.2) is 18.7 Å². The normalized spacial score (nSPS) is 24.2. The molecule has 1 saturated carbocycles. The predicted octanol–water partition coefficient (Wildman–Crippen LogP) is 4.92. The third-order valence-corrected chi connectivity index (χ3v) is 6.48. The molecule has 5 rings (SSSR count). The summed E-state index contributed by atoms with van der Waals surface area (Å²) < 4.78 is 39.8. The van der Waals surface area contributed by atoms with Crippen molar-refractivity contribution in [1.29, 1.82) is 0 Å². The van der Waals surface area contributed by atoms with Crippen molar-refractivity contribution >= 4 is 17.2 Å². The third-order valence-electron chi connectivity index (χ3n) is 6.48. The molecule has 1 saturated heterocycles. The zero-order valence-electron chi connectivity index (χ0n) is 18.8. The Labute approximate surface area is 190 Å². The molecule has 2 bridgehead atoms. The molecule has 33 heavy (non-hydrogen) atoms. The van der Waals surface area contributed by atoms with E-state index in [0.29, 0.717) is 23.7 Å². The number of aromatic nitrogens is 3. The second kappa shape index (κ2) is 7.76. The molecule has 174 valence electrons. The first-order valence-corrected chi connectivity index (χ1v) is 11.1. The van der Waals surface area contributed by atoms with Crippen LogP contribution in [0.25, 0.3) is 5.65 Å². The first kappa shape index (κ1) is 21.8. The molecule has 2 atom stereocenters. The van der Waals surface area contributed by atoms with Crippen LogP contribution < -0.4 is 10.1 Å². The number of rotatable bonds is 6. The maximum atomic E-state index is 13.0. The highest BCUT2D eigenvalue weighted by atomic mass is 19.3. The Morgan fingerprint density at radius 2 is 2.06 bits per heavy atom. The number of ether oxygens (including phenoxy) is 2. The van der Waals surface area contributed by atoms with Crippen molar-refractivity contribution < 1.29 is 23.0 Å². The van der Waals surface area contributed by atoms with Gasteiger partial charge < -0.3 is 19.2 Å². The van der Waals surface area contributed by atoms with Crippen LogP contribution >= 0.6 is 0 Å². The number of hydrogen-bond donors (Lipinski definition) is 1. The first-order valence-electron chi connectivity index (χ1n) is 11.1. The van der Waals surface area contributed by atoms with Crippen molar-refractivity contribution in [1.82, 2.24) is 14.4 Å². The van der Waals surface area contributed by atoms with Crippen LogP contribution in [-0.2, 0) is 10.2 Å². The van der Waals surface area contributed by atoms with Crippen LogP contribution in [0.4, 0.5) is 14.5 Å². The van der Waals surface area contributed by atoms with Gasteiger partial charge in [-0.3, -0.25) is 4.79 Å². The molecule has 1 aliphatic heterocycles. The number of imidazole rings is 1. The molecule has 2 unspecified atom stereocenters. The number of anilines is 1. The van der Waals surface area contributed by atoms with E-state index >= 15 is 0 Å². The van der Waals surface area contributed by atoms with Gasteiger partial charge in [-0.15, -0.1) is 0 Å². The van der Waals surface area contributed by atoms with E-state index in [0.717, 1.165) is 25.0 Å². The topological polar surface area (TPSA) is 77.8 Å². The number of nitrogens with one attached hydrogen (secondary N) is 1. The molecule has 4 heterocycles. The van der Waals surface area contributed by atoms with Crippen LogP contribution in [0, 0.1) is 0 Å². The summed E-state index contributed by atoms with van der Waals surface area (Å²) in [5, 5.41) is 2.76. The standard InChI is InChI=1S/C24H26F2N4O3/c1-14(2)33-18-9-20-29-19(24-8-7-23(3,12-24)32-13-24)11-30(20)10-17(18)28-22(31)16-6-4-5-15(27-16)21(25)26/h4-6,9-11,14,21H,7-8,12-13H2,1-3H3,(H,28,31). The summed E-state index contributed by atoms with van der Waals surface area (Å²) in [4.78, 5) is 21.4. The molecule has 3 aromatic rings. The minimum absolute atomic E-state index is 0.0827. The highest BCUT2D eigenvalue weighted by molar-refractivity contribution is 6.03. The summed E-state index contributed by atoms with van der Waals surface area (Å²) in [6.07, 6.45) is 3.78. The molecule has 2 fully saturated rings. The molecule has 3 aromatic heterocycles. The smallest absolute Gasteiger partial charge is 0.280 e. The van der Waals surface area contributed by atoms with E-state index in [1.807, 2.05) is 24.4 Å². The van der Waals surface area contributed by atoms with E-state index in [2.05, 4.69) is 17.2 Å². The number of halogens is 2. The van der Waals surface area contributed by atoms with Gasteiger partial charge in [0.05, 0.1) is 24.0 Å². The molecular formula is C24H26F2N4O3. The lowest BCUT2D eigenvalue weighted by Crippen LogP contribution is -2.26. The molecular weight excluding hydrogens is 430 g/mol. The van der Waals surface area contributed by atoms with E-state index in [-0.39, 0.29) is 22.8 Å². The molecule has 1 aliphatic carbocycles. The van der Waals surface area contributed by atoms with Gasteiger partial charge in [0.25, 0.3) is 12.3 Å². The lowest BCUT2D eigenvalue weighted by Gasteiger charge is -2.24. The van der Waals surface area contributed by atoms with Crippen molar-refractivity contribution in [3.8, 4) is 5.75 Å². The quantitative estimate of drug-likeness (QED) is 0.570. The summed E-state index contributed by atoms with van der Waals surface area (Å²) in [5.41, 5.74) is 1.36. The highest BCUT2D eigenvalue weighted by Gasteiger charge is 2.55. The molecule has 2 aliphatic rings. The van der Waals surface area contributed by atoms with Crippen LogP contribution in [0.2, 0.25) is 0 Å². The van der Waals surface area contributed by atoms with Crippen LogP contribution in [0.3, 0.4) is 0 Å². The third kappa shape index (κ3) is 3.94. The second-order valence-corrected chi connectivity index (χ2v) is 9.51. The van der Waals surface area contributed by atoms with Gasteiger partial charge in [0.15, 0.2) is 0 Å². The van der Waals surface area contributed by atoms with Crippen LogP contribution in [0.5, 0.6) is 5.75 Å². The average Bonchev–Trinajstić information content (AvgIpc) is 3.44. The average molecular weight is 456 g/mol. The minimum Gasteiger partial charge on any atom is -0.489 e. The van der Waals surface area contributed by atoms with Crippen LogP contribution in [-0.4, -0.2) is 38.6 Å². The maximum absolute atomic E-state index is 13.0. The molecule has 0 spiro atoms. The fourth-order valence-electron chi connectivity index (χ4n) is 4.85. The molecule has 0 aromatic carbocycles. The largest absolute Gasteiger partial charge is 0.489 e. The fourth-order valence-corrected chi connectivity index (χ4v) is 4.85. The van der Waals surface area contributed by atoms with Gasteiger partial charge >= 0.3 is 0 Å². The van der Waals surface area contributed by atoms with Crippen molar-refractivity contribution in [3.63, 3.8) is 0 Å². The van der Waals surface area contributed by atoms with Gasteiger partial charge in [-0.1, -0.05) is 6.07 Å². The molecule has 7 nitrogen and oxygen atoms in total. The monoisotopic (exact) mass is 456 g/mol. The fraction of sp³-hybridized carbons (Fsp3) is 0.458. The second-order valence-electron chi connectivity index (χ2n) is 9.51. The van der Waals surface area contributed by atoms with Crippen molar-refractivity contribution in [2.75, 3.05) is 11.9 Å². The SMILES string of the molecule is CC(C)Oc1cc2nc(C34CCC(C)(C3)OC4)cn2cc1NC(=O)c1cccc(C(F)F)n1. The minimum atomic E-state index is -2.75. The zero-order chi connectivity index (χ0) is 23.4. The predicted molar refractivity (Wildman–Crippen MR) is 118 cm³/mol. The van der Waals surface area contributed by atoms with Gasteiger partial charge in [-0.05, 0) is 52.2 Å². The van der Waals surface area contributed by atoms with Crippen LogP contribution in [0.1, 0.15) is 68.3 Å². The molecule has 1 N–H and O–H groups in total. The molecule has 0 radical (unpaired) electrons. The molecule has 1 amide bonds. The Bertz CT molecular complexity index is 1220. The number of fused-ring (bicyclic) bond motifs is 3. The van der Waals surface area contributed by atoms with E-state index in [4.69, 9.17) is 14.5 Å². The molecule has 9 heteroatoms.